The van der Waals surface area contributed by atoms with Crippen LogP contribution < -0.4 is 5.32 Å². The first-order valence-corrected chi connectivity index (χ1v) is 4.99. The average molecular weight is 179 g/mol. The monoisotopic (exact) mass is 179 g/mol. The fourth-order valence-corrected chi connectivity index (χ4v) is 2.16. The first-order valence-electron chi connectivity index (χ1n) is 4.99. The number of aryl methyl sites for hydroxylation is 1. The quantitative estimate of drug-likeness (QED) is 0.741. The van der Waals surface area contributed by atoms with Gasteiger partial charge in [0.25, 0.3) is 0 Å². The molecule has 3 nitrogen and oxygen atoms in total. The van der Waals surface area contributed by atoms with E-state index >= 15 is 0 Å². The van der Waals surface area contributed by atoms with Crippen molar-refractivity contribution in [2.24, 2.45) is 0 Å². The molecule has 1 aromatic rings. The van der Waals surface area contributed by atoms with Gasteiger partial charge in [-0.2, -0.15) is 0 Å². The lowest BCUT2D eigenvalue weighted by molar-refractivity contribution is 0.428. The van der Waals surface area contributed by atoms with Gasteiger partial charge in [0.15, 0.2) is 0 Å². The van der Waals surface area contributed by atoms with Gasteiger partial charge in [-0.3, -0.25) is 0 Å². The van der Waals surface area contributed by atoms with Crippen LogP contribution in [0.2, 0.25) is 0 Å². The smallest absolute Gasteiger partial charge is 0.113 e. The highest BCUT2D eigenvalue weighted by Gasteiger charge is 2.21. The molecule has 3 heteroatoms. The van der Waals surface area contributed by atoms with Crippen LogP contribution in [-0.4, -0.2) is 23.1 Å². The van der Waals surface area contributed by atoms with Crippen molar-refractivity contribution in [1.29, 1.82) is 0 Å². The highest BCUT2D eigenvalue weighted by Crippen LogP contribution is 2.26. The molecule has 0 saturated heterocycles. The van der Waals surface area contributed by atoms with Crippen molar-refractivity contribution in [3.8, 4) is 0 Å². The third-order valence-electron chi connectivity index (χ3n) is 2.84. The number of aromatic nitrogens is 2. The number of hydrogen-bond donors (Lipinski definition) is 1. The molecule has 0 saturated carbocycles. The Labute approximate surface area is 79.2 Å². The maximum absolute atomic E-state index is 4.48. The van der Waals surface area contributed by atoms with Gasteiger partial charge in [-0.05, 0) is 26.8 Å². The number of imidazole rings is 1. The van der Waals surface area contributed by atoms with Gasteiger partial charge < -0.3 is 9.88 Å². The molecule has 2 rings (SSSR count). The van der Waals surface area contributed by atoms with E-state index in [9.17, 15) is 0 Å². The van der Waals surface area contributed by atoms with Crippen LogP contribution in [0.1, 0.15) is 30.3 Å². The molecule has 1 aromatic heterocycles. The van der Waals surface area contributed by atoms with Gasteiger partial charge >= 0.3 is 0 Å². The van der Waals surface area contributed by atoms with Crippen LogP contribution in [0.25, 0.3) is 0 Å². The van der Waals surface area contributed by atoms with E-state index in [0.29, 0.717) is 5.92 Å². The van der Waals surface area contributed by atoms with E-state index in [4.69, 9.17) is 0 Å². The zero-order valence-corrected chi connectivity index (χ0v) is 8.38. The van der Waals surface area contributed by atoms with Crippen molar-refractivity contribution in [1.82, 2.24) is 14.9 Å². The SMILES string of the molecule is CNCC1CCCn2c(C)cnc21. The predicted molar refractivity (Wildman–Crippen MR) is 52.9 cm³/mol. The van der Waals surface area contributed by atoms with Gasteiger partial charge in [0.05, 0.1) is 0 Å². The summed E-state index contributed by atoms with van der Waals surface area (Å²) in [6.45, 7) is 4.34. The predicted octanol–water partition coefficient (Wildman–Crippen LogP) is 1.29. The van der Waals surface area contributed by atoms with E-state index in [-0.39, 0.29) is 0 Å². The van der Waals surface area contributed by atoms with Gasteiger partial charge in [0, 0.05) is 30.9 Å². The number of rotatable bonds is 2. The lowest BCUT2D eigenvalue weighted by Crippen LogP contribution is -2.24. The Bertz CT molecular complexity index is 290. The normalized spacial score (nSPS) is 21.5. The lowest BCUT2D eigenvalue weighted by atomic mass is 9.99. The molecule has 1 unspecified atom stereocenters. The van der Waals surface area contributed by atoms with E-state index in [1.807, 2.05) is 13.2 Å². The molecule has 0 aliphatic carbocycles. The number of hydrogen-bond acceptors (Lipinski definition) is 2. The molecule has 0 fully saturated rings. The van der Waals surface area contributed by atoms with Crippen LogP contribution in [0.3, 0.4) is 0 Å². The Balaban J connectivity index is 2.27. The van der Waals surface area contributed by atoms with Gasteiger partial charge in [-0.25, -0.2) is 4.98 Å². The molecule has 1 aliphatic rings. The summed E-state index contributed by atoms with van der Waals surface area (Å²) in [6, 6.07) is 0. The van der Waals surface area contributed by atoms with Crippen LogP contribution in [0.5, 0.6) is 0 Å². The number of fused-ring (bicyclic) bond motifs is 1. The van der Waals surface area contributed by atoms with Crippen LogP contribution in [0.4, 0.5) is 0 Å². The summed E-state index contributed by atoms with van der Waals surface area (Å²) in [4.78, 5) is 4.48. The third-order valence-corrected chi connectivity index (χ3v) is 2.84. The number of nitrogens with zero attached hydrogens (tertiary/aromatic N) is 2. The minimum absolute atomic E-state index is 0.618. The minimum atomic E-state index is 0.618. The summed E-state index contributed by atoms with van der Waals surface area (Å²) in [5.41, 5.74) is 1.30. The molecule has 1 atom stereocenters. The van der Waals surface area contributed by atoms with Crippen molar-refractivity contribution >= 4 is 0 Å². The van der Waals surface area contributed by atoms with Crippen molar-refractivity contribution in [3.05, 3.63) is 17.7 Å². The molecule has 2 heterocycles. The summed E-state index contributed by atoms with van der Waals surface area (Å²) in [7, 11) is 2.01. The van der Waals surface area contributed by atoms with E-state index < -0.39 is 0 Å². The van der Waals surface area contributed by atoms with Gasteiger partial charge in [-0.15, -0.1) is 0 Å². The van der Waals surface area contributed by atoms with Crippen LogP contribution >= 0.6 is 0 Å². The summed E-state index contributed by atoms with van der Waals surface area (Å²) in [5.74, 6) is 1.89. The molecule has 13 heavy (non-hydrogen) atoms. The highest BCUT2D eigenvalue weighted by molar-refractivity contribution is 5.10. The second-order valence-electron chi connectivity index (χ2n) is 3.81. The van der Waals surface area contributed by atoms with Crippen LogP contribution in [0.15, 0.2) is 6.20 Å². The van der Waals surface area contributed by atoms with E-state index in [1.54, 1.807) is 0 Å². The van der Waals surface area contributed by atoms with Crippen LogP contribution in [0, 0.1) is 6.92 Å². The summed E-state index contributed by atoms with van der Waals surface area (Å²) in [5, 5.41) is 3.23. The topological polar surface area (TPSA) is 29.9 Å². The van der Waals surface area contributed by atoms with Crippen molar-refractivity contribution in [2.75, 3.05) is 13.6 Å². The fraction of sp³-hybridized carbons (Fsp3) is 0.700. The largest absolute Gasteiger partial charge is 0.332 e. The van der Waals surface area contributed by atoms with Gasteiger partial charge in [0.1, 0.15) is 5.82 Å². The zero-order chi connectivity index (χ0) is 9.26. The van der Waals surface area contributed by atoms with E-state index in [0.717, 1.165) is 13.1 Å². The second-order valence-corrected chi connectivity index (χ2v) is 3.81. The zero-order valence-electron chi connectivity index (χ0n) is 8.38. The molecule has 1 N–H and O–H groups in total. The van der Waals surface area contributed by atoms with Crippen molar-refractivity contribution in [3.63, 3.8) is 0 Å². The summed E-state index contributed by atoms with van der Waals surface area (Å²) in [6.07, 6.45) is 4.55. The molecule has 0 radical (unpaired) electrons. The Hall–Kier alpha value is -0.830. The Morgan fingerprint density at radius 3 is 3.31 bits per heavy atom. The second kappa shape index (κ2) is 3.50. The Morgan fingerprint density at radius 2 is 2.54 bits per heavy atom. The standard InChI is InChI=1S/C10H17N3/c1-8-6-12-10-9(7-11-2)4-3-5-13(8)10/h6,9,11H,3-5,7H2,1-2H3. The molecule has 0 amide bonds. The molecule has 1 aliphatic heterocycles. The summed E-state index contributed by atoms with van der Waals surface area (Å²) >= 11 is 0. The first kappa shape index (κ1) is 8.75. The molecule has 0 spiro atoms. The van der Waals surface area contributed by atoms with Gasteiger partial charge in [-0.1, -0.05) is 0 Å². The third kappa shape index (κ3) is 1.48. The number of nitrogens with one attached hydrogen (secondary N) is 1. The fourth-order valence-electron chi connectivity index (χ4n) is 2.16. The summed E-state index contributed by atoms with van der Waals surface area (Å²) < 4.78 is 2.35. The Morgan fingerprint density at radius 1 is 1.69 bits per heavy atom. The molecule has 0 aromatic carbocycles. The average Bonchev–Trinajstić information content (AvgIpc) is 2.50. The van der Waals surface area contributed by atoms with E-state index in [2.05, 4.69) is 21.8 Å². The van der Waals surface area contributed by atoms with Crippen LogP contribution in [-0.2, 0) is 6.54 Å². The molecular formula is C10H17N3. The first-order chi connectivity index (χ1) is 6.33. The molecule has 0 bridgehead atoms. The lowest BCUT2D eigenvalue weighted by Gasteiger charge is -2.23. The molecular weight excluding hydrogens is 162 g/mol. The number of likely N-dealkylation sites (N-methyl/N-ethyl adjacent to an activating group) is 1. The highest BCUT2D eigenvalue weighted by atomic mass is 15.1. The van der Waals surface area contributed by atoms with Crippen molar-refractivity contribution in [2.45, 2.75) is 32.2 Å². The maximum Gasteiger partial charge on any atom is 0.113 e. The van der Waals surface area contributed by atoms with Crippen molar-refractivity contribution < 1.29 is 0 Å². The molecule has 72 valence electrons. The minimum Gasteiger partial charge on any atom is -0.332 e. The maximum atomic E-state index is 4.48. The van der Waals surface area contributed by atoms with E-state index in [1.165, 1.54) is 24.4 Å². The van der Waals surface area contributed by atoms with Gasteiger partial charge in [0.2, 0.25) is 0 Å². The Kier molecular flexibility index (Phi) is 2.36.